The van der Waals surface area contributed by atoms with Gasteiger partial charge in [0.25, 0.3) is 0 Å². The van der Waals surface area contributed by atoms with Gasteiger partial charge >= 0.3 is 508 Å². The molecule has 0 radical (unpaired) electrons. The Morgan fingerprint density at radius 3 is 0.355 bits per heavy atom. The van der Waals surface area contributed by atoms with Crippen molar-refractivity contribution in [3.8, 4) is 0 Å². The molecule has 4 nitrogen and oxygen atoms in total. The molecule has 728 valence electrons. The monoisotopic (exact) mass is 1740 g/mol. The summed E-state index contributed by atoms with van der Waals surface area (Å²) in [4.78, 5) is 0. The summed E-state index contributed by atoms with van der Waals surface area (Å²) in [5.74, 6) is 0.666. The van der Waals surface area contributed by atoms with E-state index < -0.39 is 17.7 Å². The molecule has 0 amide bonds. The van der Waals surface area contributed by atoms with Crippen molar-refractivity contribution < 1.29 is 21.1 Å². The first-order valence-corrected chi connectivity index (χ1v) is 61.7. The van der Waals surface area contributed by atoms with E-state index in [1.165, 1.54) is 681 Å². The van der Waals surface area contributed by atoms with E-state index in [9.17, 15) is 0 Å². The molecular formula is C116H239N3OTi. The summed E-state index contributed by atoms with van der Waals surface area (Å²) < 4.78 is 18.9. The van der Waals surface area contributed by atoms with Crippen molar-refractivity contribution in [3.05, 3.63) is 0 Å². The first-order chi connectivity index (χ1) is 60.1. The smallest absolute Gasteiger partial charge is 0.0654 e. The second-order valence-electron chi connectivity index (χ2n) is 41.1. The first kappa shape index (κ1) is 122. The fourth-order valence-corrected chi connectivity index (χ4v) is 28.0. The van der Waals surface area contributed by atoms with Crippen molar-refractivity contribution in [1.29, 1.82) is 0 Å². The van der Waals surface area contributed by atoms with Gasteiger partial charge in [-0.3, -0.25) is 0 Å². The SMILES string of the molecule is CCCCCCCCCCCCCCCCCC[N](CCCCCCCCCCCCCCCCCC)[Ti]([O]CC(CC)CCCC)([N](CCCCCCCCCCCCCCCCCC)CCCCCCCCCCCCCCCCCC)[N](CCCCCCCCCCCCCCCCCC)CCCCCCCCCCCCCCCCCC. The van der Waals surface area contributed by atoms with Crippen molar-refractivity contribution in [2.45, 2.75) is 697 Å². The quantitative estimate of drug-likeness (QED) is 0.0446. The molecular weight excluding hydrogens is 1500 g/mol. The van der Waals surface area contributed by atoms with Gasteiger partial charge in [-0.15, -0.1) is 0 Å². The van der Waals surface area contributed by atoms with E-state index >= 15 is 0 Å². The van der Waals surface area contributed by atoms with Gasteiger partial charge in [-0.2, -0.15) is 0 Å². The molecule has 0 rings (SSSR count). The number of rotatable bonds is 112. The molecule has 0 aliphatic rings. The van der Waals surface area contributed by atoms with E-state index in [4.69, 9.17) is 3.32 Å². The van der Waals surface area contributed by atoms with E-state index in [1.54, 1.807) is 0 Å². The Morgan fingerprint density at radius 2 is 0.248 bits per heavy atom. The van der Waals surface area contributed by atoms with Gasteiger partial charge in [0.2, 0.25) is 0 Å². The minimum Gasteiger partial charge on any atom is -0.0654 e. The Bertz CT molecular complexity index is 1500. The second kappa shape index (κ2) is 108. The predicted molar refractivity (Wildman–Crippen MR) is 551 cm³/mol. The Hall–Kier alpha value is 0.554. The molecule has 0 spiro atoms. The standard InChI is InChI=1S/3C36H74N.C8H17O.Ti/c3*1-3-5-7-9-11-13-15-17-19-21-23-25-27-29-31-33-35-37-36-34-32-30-28-26-24-22-20-18-16-14-12-10-8-6-4-2;1-3-5-6-8(4-2)7-9;/h3*3-36H2,1-2H3;8H,3-7H2,1-2H3;/q4*-1;+4. The normalized spacial score (nSPS) is 12.4. The second-order valence-corrected chi connectivity index (χ2v) is 46.3. The number of hydrogen-bond donors (Lipinski definition) is 0. The van der Waals surface area contributed by atoms with E-state index in [-0.39, 0.29) is 0 Å². The minimum atomic E-state index is -3.82. The van der Waals surface area contributed by atoms with Crippen LogP contribution >= 0.6 is 0 Å². The van der Waals surface area contributed by atoms with Crippen LogP contribution in [0.1, 0.15) is 697 Å². The van der Waals surface area contributed by atoms with Gasteiger partial charge in [-0.05, 0) is 0 Å². The van der Waals surface area contributed by atoms with E-state index in [0.717, 1.165) is 6.61 Å². The van der Waals surface area contributed by atoms with E-state index in [0.29, 0.717) is 5.92 Å². The third-order valence-electron chi connectivity index (χ3n) is 29.0. The molecule has 0 N–H and O–H groups in total. The van der Waals surface area contributed by atoms with Crippen molar-refractivity contribution in [2.24, 2.45) is 5.92 Å². The first-order valence-electron chi connectivity index (χ1n) is 58.9. The Kier molecular flexibility index (Phi) is 108. The van der Waals surface area contributed by atoms with Crippen LogP contribution in [-0.2, 0) is 21.1 Å². The summed E-state index contributed by atoms with van der Waals surface area (Å²) in [7, 11) is 0. The third-order valence-corrected chi connectivity index (χ3v) is 35.8. The van der Waals surface area contributed by atoms with Gasteiger partial charge in [0.1, 0.15) is 0 Å². The molecule has 0 aromatic heterocycles. The van der Waals surface area contributed by atoms with Crippen molar-refractivity contribution in [3.63, 3.8) is 0 Å². The predicted octanol–water partition coefficient (Wildman–Crippen LogP) is 42.5. The molecule has 0 saturated carbocycles. The number of nitrogens with zero attached hydrogens (tertiary/aromatic N) is 3. The Morgan fingerprint density at radius 1 is 0.140 bits per heavy atom. The van der Waals surface area contributed by atoms with E-state index in [2.05, 4.69) is 65.5 Å². The molecule has 1 atom stereocenters. The molecule has 0 fully saturated rings. The number of hydrogen-bond acceptors (Lipinski definition) is 4. The van der Waals surface area contributed by atoms with Crippen molar-refractivity contribution in [1.82, 2.24) is 10.1 Å². The van der Waals surface area contributed by atoms with Crippen LogP contribution < -0.4 is 0 Å². The van der Waals surface area contributed by atoms with Crippen LogP contribution in [0.2, 0.25) is 0 Å². The maximum absolute atomic E-state index is 8.81. The minimum absolute atomic E-state index is 0.666. The summed E-state index contributed by atoms with van der Waals surface area (Å²) in [5.41, 5.74) is 0. The fourth-order valence-electron chi connectivity index (χ4n) is 20.3. The van der Waals surface area contributed by atoms with Gasteiger partial charge in [0.05, 0.1) is 0 Å². The average molecular weight is 1740 g/mol. The summed E-state index contributed by atoms with van der Waals surface area (Å²) in [6.45, 7) is 27.9. The van der Waals surface area contributed by atoms with Crippen LogP contribution in [-0.4, -0.2) is 56.0 Å². The van der Waals surface area contributed by atoms with Crippen LogP contribution in [0.25, 0.3) is 0 Å². The maximum atomic E-state index is 8.81. The average Bonchev–Trinajstić information content (AvgIpc) is 0.766. The van der Waals surface area contributed by atoms with Crippen LogP contribution in [0.4, 0.5) is 0 Å². The van der Waals surface area contributed by atoms with Gasteiger partial charge in [-0.25, -0.2) is 0 Å². The molecule has 0 aromatic carbocycles. The molecule has 121 heavy (non-hydrogen) atoms. The molecule has 0 aromatic rings. The Labute approximate surface area is 775 Å². The zero-order chi connectivity index (χ0) is 87.2. The molecule has 5 heteroatoms. The van der Waals surface area contributed by atoms with Crippen LogP contribution in [0, 0.1) is 5.92 Å². The molecule has 0 bridgehead atoms. The summed E-state index contributed by atoms with van der Waals surface area (Å²) in [6.07, 6.45) is 144. The van der Waals surface area contributed by atoms with Crippen molar-refractivity contribution in [2.75, 3.05) is 45.9 Å². The third kappa shape index (κ3) is 88.3. The van der Waals surface area contributed by atoms with Crippen LogP contribution in [0.5, 0.6) is 0 Å². The van der Waals surface area contributed by atoms with Gasteiger partial charge in [-0.1, -0.05) is 273 Å². The summed E-state index contributed by atoms with van der Waals surface area (Å²) in [5, 5.41) is 0. The summed E-state index contributed by atoms with van der Waals surface area (Å²) in [6, 6.07) is 0. The zero-order valence-electron chi connectivity index (χ0n) is 86.5. The van der Waals surface area contributed by atoms with E-state index in [1.807, 2.05) is 0 Å². The van der Waals surface area contributed by atoms with Crippen LogP contribution in [0.3, 0.4) is 0 Å². The van der Waals surface area contributed by atoms with Gasteiger partial charge in [0, 0.05) is 0 Å². The Balaban J connectivity index is 7.66. The summed E-state index contributed by atoms with van der Waals surface area (Å²) >= 11 is -3.82. The van der Waals surface area contributed by atoms with Crippen molar-refractivity contribution >= 4 is 0 Å². The molecule has 0 heterocycles. The van der Waals surface area contributed by atoms with Gasteiger partial charge < -0.3 is 0 Å². The zero-order valence-corrected chi connectivity index (χ0v) is 88.0. The van der Waals surface area contributed by atoms with Crippen LogP contribution in [0.15, 0.2) is 0 Å². The fraction of sp³-hybridized carbons (Fsp3) is 1.00. The number of unbranched alkanes of at least 4 members (excludes halogenated alkanes) is 91. The molecule has 0 saturated heterocycles. The molecule has 0 aliphatic heterocycles. The topological polar surface area (TPSA) is 19.0 Å². The molecule has 1 unspecified atom stereocenters. The van der Waals surface area contributed by atoms with Gasteiger partial charge in [0.15, 0.2) is 0 Å². The molecule has 0 aliphatic carbocycles.